The summed E-state index contributed by atoms with van der Waals surface area (Å²) in [5.41, 5.74) is 2.14. The van der Waals surface area contributed by atoms with E-state index in [0.717, 1.165) is 5.56 Å². The summed E-state index contributed by atoms with van der Waals surface area (Å²) in [7, 11) is 0. The number of amides is 1. The number of benzene rings is 2. The van der Waals surface area contributed by atoms with Gasteiger partial charge < -0.3 is 4.42 Å². The Morgan fingerprint density at radius 1 is 1.10 bits per heavy atom. The second-order valence-corrected chi connectivity index (χ2v) is 8.00. The van der Waals surface area contributed by atoms with Crippen molar-refractivity contribution >= 4 is 51.7 Å². The molecule has 144 valence electrons. The largest absolute Gasteiger partial charge is 0.456 e. The zero-order valence-electron chi connectivity index (χ0n) is 15.2. The lowest BCUT2D eigenvalue weighted by Crippen LogP contribution is -2.27. The van der Waals surface area contributed by atoms with Gasteiger partial charge in [0.25, 0.3) is 11.6 Å². The van der Waals surface area contributed by atoms with Crippen LogP contribution >= 0.6 is 24.0 Å². The summed E-state index contributed by atoms with van der Waals surface area (Å²) in [6.07, 6.45) is 1.60. The molecule has 0 N–H and O–H groups in total. The second-order valence-electron chi connectivity index (χ2n) is 6.33. The van der Waals surface area contributed by atoms with Crippen molar-refractivity contribution in [2.75, 3.05) is 4.90 Å². The predicted octanol–water partition coefficient (Wildman–Crippen LogP) is 5.57. The smallest absolute Gasteiger partial charge is 0.280 e. The molecule has 0 unspecified atom stereocenters. The van der Waals surface area contributed by atoms with Gasteiger partial charge in [-0.2, -0.15) is 0 Å². The number of aryl methyl sites for hydroxylation is 1. The van der Waals surface area contributed by atoms with E-state index < -0.39 is 4.92 Å². The number of hydrogen-bond acceptors (Lipinski definition) is 6. The zero-order chi connectivity index (χ0) is 20.5. The molecule has 0 bridgehead atoms. The average Bonchev–Trinajstić information content (AvgIpc) is 3.27. The van der Waals surface area contributed by atoms with E-state index in [4.69, 9.17) is 16.6 Å². The molecule has 4 rings (SSSR count). The maximum atomic E-state index is 12.8. The Kier molecular flexibility index (Phi) is 5.04. The molecule has 1 aromatic heterocycles. The fourth-order valence-corrected chi connectivity index (χ4v) is 4.21. The van der Waals surface area contributed by atoms with Gasteiger partial charge in [0.1, 0.15) is 11.5 Å². The molecule has 1 aliphatic heterocycles. The van der Waals surface area contributed by atoms with Crippen LogP contribution in [0.4, 0.5) is 11.4 Å². The van der Waals surface area contributed by atoms with Crippen LogP contribution in [0.25, 0.3) is 17.4 Å². The quantitative estimate of drug-likeness (QED) is 0.237. The number of rotatable bonds is 4. The van der Waals surface area contributed by atoms with Gasteiger partial charge in [0.15, 0.2) is 4.32 Å². The fourth-order valence-electron chi connectivity index (χ4n) is 2.93. The van der Waals surface area contributed by atoms with E-state index in [1.165, 1.54) is 22.7 Å². The minimum Gasteiger partial charge on any atom is -0.456 e. The van der Waals surface area contributed by atoms with Gasteiger partial charge in [0.2, 0.25) is 0 Å². The lowest BCUT2D eigenvalue weighted by atomic mass is 10.1. The molecule has 0 aliphatic carbocycles. The van der Waals surface area contributed by atoms with Crippen LogP contribution in [0, 0.1) is 17.0 Å². The Morgan fingerprint density at radius 2 is 1.83 bits per heavy atom. The van der Waals surface area contributed by atoms with E-state index in [2.05, 4.69) is 0 Å². The number of anilines is 1. The number of nitro groups is 1. The first-order chi connectivity index (χ1) is 13.9. The molecule has 2 aromatic carbocycles. The van der Waals surface area contributed by atoms with Crippen LogP contribution in [0.1, 0.15) is 11.3 Å². The topological polar surface area (TPSA) is 76.6 Å². The molecule has 1 saturated heterocycles. The first-order valence-electron chi connectivity index (χ1n) is 8.62. The summed E-state index contributed by atoms with van der Waals surface area (Å²) < 4.78 is 6.19. The fraction of sp³-hybridized carbons (Fsp3) is 0.0476. The number of para-hydroxylation sites is 1. The van der Waals surface area contributed by atoms with Crippen molar-refractivity contribution in [3.05, 3.63) is 87.0 Å². The van der Waals surface area contributed by atoms with Gasteiger partial charge in [-0.1, -0.05) is 53.8 Å². The highest BCUT2D eigenvalue weighted by Crippen LogP contribution is 2.37. The molecule has 3 aromatic rings. The molecule has 6 nitrogen and oxygen atoms in total. The maximum absolute atomic E-state index is 12.8. The molecule has 0 saturated carbocycles. The summed E-state index contributed by atoms with van der Waals surface area (Å²) >= 11 is 6.56. The molecule has 29 heavy (non-hydrogen) atoms. The number of carbonyl (C=O) groups is 1. The average molecular weight is 422 g/mol. The number of carbonyl (C=O) groups excluding carboxylic acids is 1. The first kappa shape index (κ1) is 19.1. The molecule has 1 aliphatic rings. The lowest BCUT2D eigenvalue weighted by Gasteiger charge is -2.14. The number of thiocarbonyl (C=S) groups is 1. The van der Waals surface area contributed by atoms with Crippen molar-refractivity contribution in [2.24, 2.45) is 0 Å². The van der Waals surface area contributed by atoms with Gasteiger partial charge in [-0.3, -0.25) is 19.8 Å². The lowest BCUT2D eigenvalue weighted by molar-refractivity contribution is -0.384. The Hall–Kier alpha value is -3.23. The summed E-state index contributed by atoms with van der Waals surface area (Å²) in [6.45, 7) is 1.97. The molecule has 0 atom stereocenters. The number of furan rings is 1. The Morgan fingerprint density at radius 3 is 2.55 bits per heavy atom. The third kappa shape index (κ3) is 3.72. The summed E-state index contributed by atoms with van der Waals surface area (Å²) in [6, 6.07) is 17.2. The van der Waals surface area contributed by atoms with Gasteiger partial charge >= 0.3 is 0 Å². The summed E-state index contributed by atoms with van der Waals surface area (Å²) in [5, 5.41) is 11.2. The van der Waals surface area contributed by atoms with E-state index in [9.17, 15) is 14.9 Å². The van der Waals surface area contributed by atoms with Crippen LogP contribution in [0.2, 0.25) is 0 Å². The standard InChI is InChI=1S/C21H14N2O4S2/c1-13-6-8-14(9-7-13)22-20(24)19(29-21(22)28)12-15-10-11-18(27-15)16-4-2-3-5-17(16)23(25)26/h2-12H,1H3/b19-12-. The van der Waals surface area contributed by atoms with Crippen LogP contribution in [0.15, 0.2) is 70.0 Å². The SMILES string of the molecule is Cc1ccc(N2C(=O)/C(=C/c3ccc(-c4ccccc4[N+](=O)[O-])o3)SC2=S)cc1. The van der Waals surface area contributed by atoms with E-state index in [-0.39, 0.29) is 11.6 Å². The maximum Gasteiger partial charge on any atom is 0.280 e. The monoisotopic (exact) mass is 422 g/mol. The van der Waals surface area contributed by atoms with Crippen molar-refractivity contribution in [1.82, 2.24) is 0 Å². The minimum absolute atomic E-state index is 0.0425. The Balaban J connectivity index is 1.63. The van der Waals surface area contributed by atoms with Gasteiger partial charge in [-0.25, -0.2) is 0 Å². The highest BCUT2D eigenvalue weighted by molar-refractivity contribution is 8.27. The first-order valence-corrected chi connectivity index (χ1v) is 9.85. The van der Waals surface area contributed by atoms with Crippen LogP contribution in [0.5, 0.6) is 0 Å². The summed E-state index contributed by atoms with van der Waals surface area (Å²) in [5.74, 6) is 0.549. The number of hydrogen-bond donors (Lipinski definition) is 0. The normalized spacial score (nSPS) is 15.3. The van der Waals surface area contributed by atoms with Crippen molar-refractivity contribution in [3.8, 4) is 11.3 Å². The zero-order valence-corrected chi connectivity index (χ0v) is 16.8. The molecule has 1 fully saturated rings. The highest BCUT2D eigenvalue weighted by atomic mass is 32.2. The van der Waals surface area contributed by atoms with E-state index in [1.807, 2.05) is 31.2 Å². The summed E-state index contributed by atoms with van der Waals surface area (Å²) in [4.78, 5) is 25.5. The van der Waals surface area contributed by atoms with Crippen LogP contribution < -0.4 is 4.90 Å². The van der Waals surface area contributed by atoms with Gasteiger partial charge in [0.05, 0.1) is 21.1 Å². The molecule has 0 radical (unpaired) electrons. The Labute approximate surface area is 176 Å². The number of nitro benzene ring substituents is 1. The van der Waals surface area contributed by atoms with Gasteiger partial charge in [0, 0.05) is 12.1 Å². The molecular formula is C21H14N2O4S2. The third-order valence-electron chi connectivity index (χ3n) is 4.35. The molecule has 0 spiro atoms. The van der Waals surface area contributed by atoms with Crippen molar-refractivity contribution in [3.63, 3.8) is 0 Å². The van der Waals surface area contributed by atoms with Gasteiger partial charge in [-0.15, -0.1) is 0 Å². The van der Waals surface area contributed by atoms with Crippen molar-refractivity contribution < 1.29 is 14.1 Å². The van der Waals surface area contributed by atoms with E-state index in [0.29, 0.717) is 32.0 Å². The van der Waals surface area contributed by atoms with Crippen LogP contribution in [-0.2, 0) is 4.79 Å². The van der Waals surface area contributed by atoms with Crippen LogP contribution in [0.3, 0.4) is 0 Å². The highest BCUT2D eigenvalue weighted by Gasteiger charge is 2.33. The third-order valence-corrected chi connectivity index (χ3v) is 5.65. The second kappa shape index (κ2) is 7.65. The van der Waals surface area contributed by atoms with Crippen molar-refractivity contribution in [2.45, 2.75) is 6.92 Å². The van der Waals surface area contributed by atoms with Crippen molar-refractivity contribution in [1.29, 1.82) is 0 Å². The predicted molar refractivity (Wildman–Crippen MR) is 118 cm³/mol. The number of thioether (sulfide) groups is 1. The van der Waals surface area contributed by atoms with E-state index in [1.54, 1.807) is 36.4 Å². The van der Waals surface area contributed by atoms with E-state index >= 15 is 0 Å². The Bertz CT molecular complexity index is 1170. The number of nitrogens with zero attached hydrogens (tertiary/aromatic N) is 2. The van der Waals surface area contributed by atoms with Crippen LogP contribution in [-0.4, -0.2) is 15.2 Å². The molecule has 2 heterocycles. The molecule has 1 amide bonds. The minimum atomic E-state index is -0.454. The molecular weight excluding hydrogens is 408 g/mol. The van der Waals surface area contributed by atoms with Gasteiger partial charge in [-0.05, 0) is 37.3 Å². The molecule has 8 heteroatoms.